The van der Waals surface area contributed by atoms with Crippen molar-refractivity contribution in [1.82, 2.24) is 10.2 Å². The topological polar surface area (TPSA) is 96.0 Å². The number of ether oxygens (including phenoxy) is 1. The van der Waals surface area contributed by atoms with Crippen molar-refractivity contribution in [3.63, 3.8) is 0 Å². The van der Waals surface area contributed by atoms with Crippen LogP contribution in [0.25, 0.3) is 0 Å². The third kappa shape index (κ3) is 9.36. The molecule has 0 saturated carbocycles. The maximum Gasteiger partial charge on any atom is 0.264 e. The first-order valence-electron chi connectivity index (χ1n) is 15.5. The summed E-state index contributed by atoms with van der Waals surface area (Å²) < 4.78 is 35.1. The molecule has 0 saturated heterocycles. The van der Waals surface area contributed by atoms with E-state index in [-0.39, 0.29) is 35.4 Å². The molecule has 2 amide bonds. The Kier molecular flexibility index (Phi) is 12.1. The second-order valence-electron chi connectivity index (χ2n) is 12.0. The predicted molar refractivity (Wildman–Crippen MR) is 187 cm³/mol. The second kappa shape index (κ2) is 16.0. The van der Waals surface area contributed by atoms with Crippen LogP contribution in [0.2, 0.25) is 5.02 Å². The summed E-state index contributed by atoms with van der Waals surface area (Å²) >= 11 is 6.37. The Morgan fingerprint density at radius 3 is 2.21 bits per heavy atom. The van der Waals surface area contributed by atoms with Gasteiger partial charge in [0.25, 0.3) is 10.0 Å². The lowest BCUT2D eigenvalue weighted by Crippen LogP contribution is -2.53. The van der Waals surface area contributed by atoms with Gasteiger partial charge in [0.05, 0.1) is 17.7 Å². The van der Waals surface area contributed by atoms with Gasteiger partial charge in [0.1, 0.15) is 18.3 Å². The lowest BCUT2D eigenvalue weighted by atomic mass is 10.0. The summed E-state index contributed by atoms with van der Waals surface area (Å²) in [5.41, 5.74) is 3.37. The number of halogens is 1. The Morgan fingerprint density at radius 1 is 0.872 bits per heavy atom. The number of anilines is 1. The summed E-state index contributed by atoms with van der Waals surface area (Å²) in [4.78, 5) is 30.1. The number of aryl methyl sites for hydroxylation is 2. The molecule has 4 aromatic rings. The van der Waals surface area contributed by atoms with Crippen molar-refractivity contribution in [2.24, 2.45) is 5.92 Å². The zero-order valence-electron chi connectivity index (χ0n) is 27.4. The molecule has 0 heterocycles. The molecule has 8 nitrogen and oxygen atoms in total. The van der Waals surface area contributed by atoms with Gasteiger partial charge in [-0.15, -0.1) is 0 Å². The van der Waals surface area contributed by atoms with Crippen LogP contribution in [-0.4, -0.2) is 51.4 Å². The highest BCUT2D eigenvalue weighted by Crippen LogP contribution is 2.30. The van der Waals surface area contributed by atoms with E-state index in [0.29, 0.717) is 22.9 Å². The molecule has 248 valence electrons. The summed E-state index contributed by atoms with van der Waals surface area (Å²) in [6.07, 6.45) is 0.224. The molecule has 0 aliphatic rings. The van der Waals surface area contributed by atoms with Gasteiger partial charge < -0.3 is 15.0 Å². The average Bonchev–Trinajstić information content (AvgIpc) is 3.05. The van der Waals surface area contributed by atoms with Crippen molar-refractivity contribution in [3.05, 3.63) is 124 Å². The number of rotatable bonds is 14. The van der Waals surface area contributed by atoms with Gasteiger partial charge in [-0.25, -0.2) is 8.42 Å². The zero-order chi connectivity index (χ0) is 34.1. The highest BCUT2D eigenvalue weighted by Gasteiger charge is 2.35. The highest BCUT2D eigenvalue weighted by molar-refractivity contribution is 7.92. The van der Waals surface area contributed by atoms with E-state index in [4.69, 9.17) is 16.3 Å². The van der Waals surface area contributed by atoms with E-state index in [9.17, 15) is 18.0 Å². The number of methoxy groups -OCH3 is 1. The number of carbonyl (C=O) groups excluding carboxylic acids is 2. The largest absolute Gasteiger partial charge is 0.497 e. The molecule has 0 aliphatic carbocycles. The number of nitrogens with one attached hydrogen (secondary N) is 1. The van der Waals surface area contributed by atoms with Gasteiger partial charge in [0.2, 0.25) is 11.8 Å². The van der Waals surface area contributed by atoms with Gasteiger partial charge in [0.15, 0.2) is 0 Å². The Balaban J connectivity index is 1.84. The first-order chi connectivity index (χ1) is 22.4. The number of sulfonamides is 1. The lowest BCUT2D eigenvalue weighted by molar-refractivity contribution is -0.140. The van der Waals surface area contributed by atoms with Crippen LogP contribution in [-0.2, 0) is 32.6 Å². The first kappa shape index (κ1) is 35.5. The van der Waals surface area contributed by atoms with E-state index in [2.05, 4.69) is 5.32 Å². The fourth-order valence-corrected chi connectivity index (χ4v) is 6.78. The third-order valence-corrected chi connectivity index (χ3v) is 9.78. The van der Waals surface area contributed by atoms with Crippen molar-refractivity contribution in [3.8, 4) is 5.75 Å². The maximum atomic E-state index is 14.7. The third-order valence-electron chi connectivity index (χ3n) is 7.77. The van der Waals surface area contributed by atoms with E-state index in [1.807, 2.05) is 63.2 Å². The molecular formula is C37H42ClN3O5S. The van der Waals surface area contributed by atoms with Gasteiger partial charge in [-0.1, -0.05) is 91.7 Å². The van der Waals surface area contributed by atoms with Crippen molar-refractivity contribution in [2.45, 2.75) is 51.6 Å². The Hall–Kier alpha value is -4.34. The van der Waals surface area contributed by atoms with E-state index in [0.717, 1.165) is 21.0 Å². The van der Waals surface area contributed by atoms with E-state index in [1.54, 1.807) is 56.5 Å². The Labute approximate surface area is 283 Å². The number of hydrogen-bond donors (Lipinski definition) is 1. The average molecular weight is 676 g/mol. The van der Waals surface area contributed by atoms with Crippen molar-refractivity contribution in [1.29, 1.82) is 0 Å². The molecule has 4 rings (SSSR count). The smallest absolute Gasteiger partial charge is 0.264 e. The summed E-state index contributed by atoms with van der Waals surface area (Å²) in [7, 11) is -2.69. The molecule has 10 heteroatoms. The van der Waals surface area contributed by atoms with E-state index in [1.165, 1.54) is 17.0 Å². The number of hydrogen-bond acceptors (Lipinski definition) is 5. The predicted octanol–water partition coefficient (Wildman–Crippen LogP) is 6.57. The van der Waals surface area contributed by atoms with Crippen LogP contribution in [0.3, 0.4) is 0 Å². The SMILES string of the molecule is COc1cccc(CN(C(=O)CN(c2cc(Cl)ccc2C)S(=O)(=O)c2ccc(C)cc2)[C@H](Cc2ccccc2)C(=O)NCC(C)C)c1. The molecule has 0 spiro atoms. The molecule has 0 aliphatic heterocycles. The van der Waals surface area contributed by atoms with Crippen molar-refractivity contribution in [2.75, 3.05) is 24.5 Å². The lowest BCUT2D eigenvalue weighted by Gasteiger charge is -2.34. The minimum Gasteiger partial charge on any atom is -0.497 e. The Morgan fingerprint density at radius 2 is 1.55 bits per heavy atom. The molecular weight excluding hydrogens is 634 g/mol. The van der Waals surface area contributed by atoms with Crippen LogP contribution < -0.4 is 14.4 Å². The van der Waals surface area contributed by atoms with Crippen molar-refractivity contribution >= 4 is 39.1 Å². The molecule has 1 N–H and O–H groups in total. The van der Waals surface area contributed by atoms with Gasteiger partial charge in [-0.05, 0) is 72.9 Å². The van der Waals surface area contributed by atoms with Gasteiger partial charge in [-0.3, -0.25) is 13.9 Å². The van der Waals surface area contributed by atoms with Gasteiger partial charge in [0, 0.05) is 24.5 Å². The molecule has 0 bridgehead atoms. The summed E-state index contributed by atoms with van der Waals surface area (Å²) in [5.74, 6) is -0.106. The minimum absolute atomic E-state index is 0.0325. The number of carbonyl (C=O) groups is 2. The highest BCUT2D eigenvalue weighted by atomic mass is 35.5. The van der Waals surface area contributed by atoms with E-state index >= 15 is 0 Å². The summed E-state index contributed by atoms with van der Waals surface area (Å²) in [5, 5.41) is 3.33. The van der Waals surface area contributed by atoms with Crippen LogP contribution in [0.15, 0.2) is 102 Å². The van der Waals surface area contributed by atoms with E-state index < -0.39 is 28.5 Å². The zero-order valence-corrected chi connectivity index (χ0v) is 29.0. The molecule has 0 radical (unpaired) electrons. The molecule has 1 atom stereocenters. The fourth-order valence-electron chi connectivity index (χ4n) is 5.15. The molecule has 0 fully saturated rings. The fraction of sp³-hybridized carbons (Fsp3) is 0.297. The van der Waals surface area contributed by atoms with Gasteiger partial charge >= 0.3 is 0 Å². The van der Waals surface area contributed by atoms with Crippen LogP contribution in [0.4, 0.5) is 5.69 Å². The van der Waals surface area contributed by atoms with Crippen LogP contribution in [0.5, 0.6) is 5.75 Å². The molecule has 47 heavy (non-hydrogen) atoms. The summed E-state index contributed by atoms with van der Waals surface area (Å²) in [6, 6.07) is 27.1. The maximum absolute atomic E-state index is 14.7. The minimum atomic E-state index is -4.24. The Bertz CT molecular complexity index is 1780. The monoisotopic (exact) mass is 675 g/mol. The van der Waals surface area contributed by atoms with Crippen LogP contribution in [0.1, 0.15) is 36.1 Å². The normalized spacial score (nSPS) is 12.0. The van der Waals surface area contributed by atoms with Crippen LogP contribution >= 0.6 is 11.6 Å². The summed E-state index contributed by atoms with van der Waals surface area (Å²) in [6.45, 7) is 7.51. The number of benzene rings is 4. The molecule has 0 aromatic heterocycles. The second-order valence-corrected chi connectivity index (χ2v) is 14.3. The quantitative estimate of drug-likeness (QED) is 0.163. The number of amides is 2. The first-order valence-corrected chi connectivity index (χ1v) is 17.3. The number of nitrogens with zero attached hydrogens (tertiary/aromatic N) is 2. The van der Waals surface area contributed by atoms with Crippen molar-refractivity contribution < 1.29 is 22.7 Å². The standard InChI is InChI=1S/C37H42ClN3O5S/c1-26(2)23-39-37(43)35(21-29-10-7-6-8-11-29)40(24-30-12-9-13-32(20-30)46-5)36(42)25-41(34-22-31(38)17-16-28(34)4)47(44,45)33-18-14-27(3)15-19-33/h6-20,22,26,35H,21,23-25H2,1-5H3,(H,39,43)/t35-/m1/s1. The van der Waals surface area contributed by atoms with Crippen LogP contribution in [0, 0.1) is 19.8 Å². The van der Waals surface area contributed by atoms with Gasteiger partial charge in [-0.2, -0.15) is 0 Å². The molecule has 0 unspecified atom stereocenters. The molecule has 4 aromatic carbocycles.